The van der Waals surface area contributed by atoms with E-state index in [-0.39, 0.29) is 24.2 Å². The molecule has 2 heterocycles. The van der Waals surface area contributed by atoms with Crippen molar-refractivity contribution in [1.82, 2.24) is 10.3 Å². The Morgan fingerprint density at radius 1 is 1.53 bits per heavy atom. The molecule has 1 aromatic heterocycles. The van der Waals surface area contributed by atoms with Crippen molar-refractivity contribution in [3.8, 4) is 0 Å². The maximum atomic E-state index is 11.9. The van der Waals surface area contributed by atoms with Crippen molar-refractivity contribution in [2.75, 3.05) is 18.4 Å². The van der Waals surface area contributed by atoms with Crippen molar-refractivity contribution in [3.63, 3.8) is 0 Å². The first-order chi connectivity index (χ1) is 7.58. The van der Waals surface area contributed by atoms with Crippen LogP contribution in [0.15, 0.2) is 0 Å². The van der Waals surface area contributed by atoms with E-state index >= 15 is 0 Å². The lowest BCUT2D eigenvalue weighted by molar-refractivity contribution is -0.121. The average molecular weight is 276 g/mol. The third-order valence-corrected chi connectivity index (χ3v) is 4.18. The number of amides is 1. The second-order valence-corrected chi connectivity index (χ2v) is 5.56. The summed E-state index contributed by atoms with van der Waals surface area (Å²) >= 11 is 1.54. The molecule has 2 rings (SSSR count). The number of carbonyl (C=O) groups excluding carboxylic acids is 1. The molecule has 1 aromatic rings. The lowest BCUT2D eigenvalue weighted by atomic mass is 9.88. The molecule has 1 unspecified atom stereocenters. The van der Waals surface area contributed by atoms with Gasteiger partial charge in [0.05, 0.1) is 5.69 Å². The van der Waals surface area contributed by atoms with Crippen molar-refractivity contribution in [2.45, 2.75) is 20.8 Å². The second kappa shape index (κ2) is 5.80. The van der Waals surface area contributed by atoms with E-state index in [0.29, 0.717) is 5.92 Å². The highest BCUT2D eigenvalue weighted by Gasteiger charge is 2.29. The third-order valence-electron chi connectivity index (χ3n) is 3.19. The van der Waals surface area contributed by atoms with Crippen molar-refractivity contribution < 1.29 is 4.79 Å². The van der Waals surface area contributed by atoms with E-state index in [9.17, 15) is 4.79 Å². The van der Waals surface area contributed by atoms with Crippen LogP contribution in [0.4, 0.5) is 5.13 Å². The van der Waals surface area contributed by atoms with Crippen LogP contribution in [0.1, 0.15) is 17.5 Å². The highest BCUT2D eigenvalue weighted by Crippen LogP contribution is 2.23. The van der Waals surface area contributed by atoms with Crippen LogP contribution >= 0.6 is 23.7 Å². The van der Waals surface area contributed by atoms with E-state index in [0.717, 1.165) is 28.8 Å². The monoisotopic (exact) mass is 275 g/mol. The Morgan fingerprint density at radius 3 is 2.59 bits per heavy atom. The first-order valence-corrected chi connectivity index (χ1v) is 6.35. The first-order valence-electron chi connectivity index (χ1n) is 5.53. The van der Waals surface area contributed by atoms with Crippen LogP contribution < -0.4 is 10.6 Å². The summed E-state index contributed by atoms with van der Waals surface area (Å²) in [4.78, 5) is 17.4. The minimum absolute atomic E-state index is 0. The second-order valence-electron chi connectivity index (χ2n) is 4.36. The summed E-state index contributed by atoms with van der Waals surface area (Å²) in [5.74, 6) is 0.619. The Bertz CT molecular complexity index is 384. The van der Waals surface area contributed by atoms with Gasteiger partial charge >= 0.3 is 0 Å². The Kier molecular flexibility index (Phi) is 4.91. The number of hydrogen-bond donors (Lipinski definition) is 2. The smallest absolute Gasteiger partial charge is 0.229 e. The summed E-state index contributed by atoms with van der Waals surface area (Å²) in [6, 6.07) is 0. The zero-order chi connectivity index (χ0) is 11.7. The summed E-state index contributed by atoms with van der Waals surface area (Å²) < 4.78 is 0. The fourth-order valence-electron chi connectivity index (χ4n) is 1.62. The van der Waals surface area contributed by atoms with Gasteiger partial charge < -0.3 is 10.6 Å². The molecule has 96 valence electrons. The normalized spacial score (nSPS) is 16.9. The van der Waals surface area contributed by atoms with Gasteiger partial charge in [-0.15, -0.1) is 23.7 Å². The van der Waals surface area contributed by atoms with Gasteiger partial charge in [0.15, 0.2) is 5.13 Å². The number of nitrogens with one attached hydrogen (secondary N) is 2. The Balaban J connectivity index is 0.00000144. The molecule has 0 aliphatic carbocycles. The van der Waals surface area contributed by atoms with E-state index in [1.807, 2.05) is 20.8 Å². The summed E-state index contributed by atoms with van der Waals surface area (Å²) in [6.45, 7) is 7.85. The molecule has 0 saturated carbocycles. The number of anilines is 1. The largest absolute Gasteiger partial charge is 0.316 e. The zero-order valence-electron chi connectivity index (χ0n) is 10.2. The predicted molar refractivity (Wildman–Crippen MR) is 73.0 cm³/mol. The minimum atomic E-state index is 0. The molecule has 6 heteroatoms. The number of hydrogen-bond acceptors (Lipinski definition) is 4. The lowest BCUT2D eigenvalue weighted by Gasteiger charge is -2.31. The Morgan fingerprint density at radius 2 is 2.18 bits per heavy atom. The van der Waals surface area contributed by atoms with E-state index in [2.05, 4.69) is 15.6 Å². The van der Waals surface area contributed by atoms with Crippen LogP contribution in [-0.4, -0.2) is 24.0 Å². The zero-order valence-corrected chi connectivity index (χ0v) is 11.9. The molecule has 0 radical (unpaired) electrons. The molecule has 17 heavy (non-hydrogen) atoms. The van der Waals surface area contributed by atoms with Crippen LogP contribution in [0.25, 0.3) is 0 Å². The fourth-order valence-corrected chi connectivity index (χ4v) is 2.44. The molecule has 1 amide bonds. The average Bonchev–Trinajstić information content (AvgIpc) is 2.42. The van der Waals surface area contributed by atoms with Crippen molar-refractivity contribution in [1.29, 1.82) is 0 Å². The van der Waals surface area contributed by atoms with Gasteiger partial charge in [-0.05, 0) is 32.9 Å². The summed E-state index contributed by atoms with van der Waals surface area (Å²) in [7, 11) is 0. The Labute approximate surface area is 112 Å². The standard InChI is InChI=1S/C11H17N3OS.ClH/c1-6(9-4-12-5-9)10(15)14-11-13-7(2)8(3)16-11;/h6,9,12H,4-5H2,1-3H3,(H,13,14,15);1H. The van der Waals surface area contributed by atoms with E-state index in [4.69, 9.17) is 0 Å². The molecule has 0 aromatic carbocycles. The quantitative estimate of drug-likeness (QED) is 0.887. The number of carbonyl (C=O) groups is 1. The molecule has 2 N–H and O–H groups in total. The van der Waals surface area contributed by atoms with E-state index in [1.54, 1.807) is 0 Å². The van der Waals surface area contributed by atoms with Crippen LogP contribution in [0, 0.1) is 25.7 Å². The molecule has 1 fully saturated rings. The molecule has 0 spiro atoms. The lowest BCUT2D eigenvalue weighted by Crippen LogP contribution is -2.48. The number of aryl methyl sites for hydroxylation is 2. The maximum absolute atomic E-state index is 11.9. The van der Waals surface area contributed by atoms with Crippen LogP contribution in [0.5, 0.6) is 0 Å². The van der Waals surface area contributed by atoms with Gasteiger partial charge in [0.1, 0.15) is 0 Å². The summed E-state index contributed by atoms with van der Waals surface area (Å²) in [6.07, 6.45) is 0. The number of aromatic nitrogens is 1. The molecule has 0 bridgehead atoms. The number of rotatable bonds is 3. The van der Waals surface area contributed by atoms with Gasteiger partial charge in [-0.2, -0.15) is 0 Å². The van der Waals surface area contributed by atoms with Crippen molar-refractivity contribution >= 4 is 34.8 Å². The van der Waals surface area contributed by atoms with Gasteiger partial charge in [-0.25, -0.2) is 4.98 Å². The molecule has 1 saturated heterocycles. The SMILES string of the molecule is Cc1nc(NC(=O)C(C)C2CNC2)sc1C.Cl. The number of thiazole rings is 1. The fraction of sp³-hybridized carbons (Fsp3) is 0.636. The van der Waals surface area contributed by atoms with Crippen LogP contribution in [0.3, 0.4) is 0 Å². The van der Waals surface area contributed by atoms with Crippen molar-refractivity contribution in [3.05, 3.63) is 10.6 Å². The first kappa shape index (κ1) is 14.4. The molecule has 1 atom stereocenters. The molecular weight excluding hydrogens is 258 g/mol. The highest BCUT2D eigenvalue weighted by atomic mass is 35.5. The van der Waals surface area contributed by atoms with Gasteiger partial charge in [0.2, 0.25) is 5.91 Å². The topological polar surface area (TPSA) is 54.0 Å². The van der Waals surface area contributed by atoms with Crippen LogP contribution in [-0.2, 0) is 4.79 Å². The molecule has 4 nitrogen and oxygen atoms in total. The maximum Gasteiger partial charge on any atom is 0.229 e. The Hall–Kier alpha value is -0.650. The minimum Gasteiger partial charge on any atom is -0.316 e. The summed E-state index contributed by atoms with van der Waals surface area (Å²) in [5.41, 5.74) is 0.998. The molecule has 1 aliphatic rings. The summed E-state index contributed by atoms with van der Waals surface area (Å²) in [5, 5.41) is 6.80. The predicted octanol–water partition coefficient (Wildman–Crippen LogP) is 1.98. The van der Waals surface area contributed by atoms with Gasteiger partial charge in [-0.3, -0.25) is 4.79 Å². The van der Waals surface area contributed by atoms with E-state index < -0.39 is 0 Å². The van der Waals surface area contributed by atoms with Crippen LogP contribution in [0.2, 0.25) is 0 Å². The third kappa shape index (κ3) is 3.18. The number of halogens is 1. The molecular formula is C11H18ClN3OS. The highest BCUT2D eigenvalue weighted by molar-refractivity contribution is 7.15. The van der Waals surface area contributed by atoms with Crippen molar-refractivity contribution in [2.24, 2.45) is 11.8 Å². The van der Waals surface area contributed by atoms with Gasteiger partial charge in [0, 0.05) is 10.8 Å². The van der Waals surface area contributed by atoms with E-state index in [1.165, 1.54) is 11.3 Å². The molecule has 1 aliphatic heterocycles. The number of nitrogens with zero attached hydrogens (tertiary/aromatic N) is 1. The van der Waals surface area contributed by atoms with Gasteiger partial charge in [0.25, 0.3) is 0 Å². The van der Waals surface area contributed by atoms with Gasteiger partial charge in [-0.1, -0.05) is 6.92 Å².